The average molecular weight is 477 g/mol. The number of rotatable bonds is 8. The Balaban J connectivity index is 0.00000306. The first kappa shape index (κ1) is 25.1. The van der Waals surface area contributed by atoms with Gasteiger partial charge in [0.2, 0.25) is 0 Å². The summed E-state index contributed by atoms with van der Waals surface area (Å²) in [6, 6.07) is 15.4. The van der Waals surface area contributed by atoms with Gasteiger partial charge in [-0.15, -0.1) is 12.4 Å². The maximum Gasteiger partial charge on any atom is 0.415 e. The van der Waals surface area contributed by atoms with Crippen LogP contribution in [0.3, 0.4) is 0 Å². The van der Waals surface area contributed by atoms with E-state index >= 15 is 0 Å². The molecule has 180 valence electrons. The minimum Gasteiger partial charge on any atom is -0.493 e. The Morgan fingerprint density at radius 3 is 2.45 bits per heavy atom. The van der Waals surface area contributed by atoms with Crippen molar-refractivity contribution in [2.45, 2.75) is 37.9 Å². The molecular weight excluding hydrogens is 444 g/mol. The van der Waals surface area contributed by atoms with Crippen molar-refractivity contribution in [3.63, 3.8) is 0 Å². The molecule has 1 atom stereocenters. The lowest BCUT2D eigenvalue weighted by atomic mass is 9.91. The molecule has 0 bridgehead atoms. The zero-order chi connectivity index (χ0) is 22.6. The van der Waals surface area contributed by atoms with Crippen molar-refractivity contribution < 1.29 is 24.1 Å². The summed E-state index contributed by atoms with van der Waals surface area (Å²) in [4.78, 5) is 16.7. The van der Waals surface area contributed by atoms with Gasteiger partial charge in [0.1, 0.15) is 18.3 Å². The molecule has 33 heavy (non-hydrogen) atoms. The van der Waals surface area contributed by atoms with E-state index in [1.165, 1.54) is 0 Å². The van der Waals surface area contributed by atoms with Crippen LogP contribution in [0.4, 0.5) is 10.5 Å². The van der Waals surface area contributed by atoms with E-state index in [-0.39, 0.29) is 25.1 Å². The number of aliphatic hydroxyl groups excluding tert-OH is 1. The molecule has 0 aliphatic carbocycles. The van der Waals surface area contributed by atoms with Gasteiger partial charge in [0.05, 0.1) is 19.3 Å². The number of halogens is 1. The van der Waals surface area contributed by atoms with Gasteiger partial charge in [-0.05, 0) is 30.2 Å². The molecule has 2 fully saturated rings. The molecule has 0 aromatic heterocycles. The molecule has 1 unspecified atom stereocenters. The fourth-order valence-electron chi connectivity index (χ4n) is 4.56. The highest BCUT2D eigenvalue weighted by Crippen LogP contribution is 2.37. The molecule has 2 aromatic rings. The van der Waals surface area contributed by atoms with Crippen molar-refractivity contribution in [3.8, 4) is 11.5 Å². The first-order valence-electron chi connectivity index (χ1n) is 11.3. The normalized spacial score (nSPS) is 18.5. The smallest absolute Gasteiger partial charge is 0.415 e. The molecule has 0 saturated carbocycles. The molecule has 2 aliphatic heterocycles. The van der Waals surface area contributed by atoms with Crippen molar-refractivity contribution in [3.05, 3.63) is 54.1 Å². The Kier molecular flexibility index (Phi) is 8.46. The monoisotopic (exact) mass is 476 g/mol. The maximum absolute atomic E-state index is 12.7. The Morgan fingerprint density at radius 2 is 1.76 bits per heavy atom. The summed E-state index contributed by atoms with van der Waals surface area (Å²) in [5.74, 6) is 1.27. The zero-order valence-corrected chi connectivity index (χ0v) is 20.1. The van der Waals surface area contributed by atoms with Crippen LogP contribution in [0.15, 0.2) is 48.5 Å². The first-order chi connectivity index (χ1) is 15.5. The van der Waals surface area contributed by atoms with E-state index in [4.69, 9.17) is 14.2 Å². The standard InChI is InChI=1S/C25H32N2O5.ClH/c1-3-19-8-4-5-9-21(19)27-18-25(32-24(27)29)12-14-26(15-13-25)16-20(28)17-31-23-11-7-6-10-22(23)30-2;/h4-11,20,28H,3,12-18H2,1-2H3;1H. The van der Waals surface area contributed by atoms with E-state index in [0.29, 0.717) is 24.6 Å². The second-order valence-corrected chi connectivity index (χ2v) is 8.54. The fraction of sp³-hybridized carbons (Fsp3) is 0.480. The van der Waals surface area contributed by atoms with Gasteiger partial charge in [-0.3, -0.25) is 4.90 Å². The number of methoxy groups -OCH3 is 1. The van der Waals surface area contributed by atoms with E-state index in [1.807, 2.05) is 42.5 Å². The lowest BCUT2D eigenvalue weighted by Gasteiger charge is -2.38. The molecule has 1 amide bonds. The average Bonchev–Trinajstić information content (AvgIpc) is 3.14. The Morgan fingerprint density at radius 1 is 1.09 bits per heavy atom. The number of benzene rings is 2. The van der Waals surface area contributed by atoms with Crippen molar-refractivity contribution >= 4 is 24.2 Å². The third kappa shape index (κ3) is 5.72. The predicted molar refractivity (Wildman–Crippen MR) is 130 cm³/mol. The van der Waals surface area contributed by atoms with Crippen LogP contribution >= 0.6 is 12.4 Å². The van der Waals surface area contributed by atoms with E-state index in [9.17, 15) is 9.90 Å². The molecule has 2 aromatic carbocycles. The van der Waals surface area contributed by atoms with Gasteiger partial charge in [-0.1, -0.05) is 37.3 Å². The summed E-state index contributed by atoms with van der Waals surface area (Å²) < 4.78 is 16.9. The number of amides is 1. The van der Waals surface area contributed by atoms with Gasteiger partial charge < -0.3 is 24.2 Å². The van der Waals surface area contributed by atoms with Crippen LogP contribution in [0, 0.1) is 0 Å². The fourth-order valence-corrected chi connectivity index (χ4v) is 4.56. The highest BCUT2D eigenvalue weighted by molar-refractivity contribution is 5.91. The van der Waals surface area contributed by atoms with Gasteiger partial charge in [-0.25, -0.2) is 4.79 Å². The lowest BCUT2D eigenvalue weighted by molar-refractivity contribution is -0.0142. The van der Waals surface area contributed by atoms with E-state index < -0.39 is 11.7 Å². The van der Waals surface area contributed by atoms with Crippen molar-refractivity contribution in [1.82, 2.24) is 4.90 Å². The SMILES string of the molecule is CCc1ccccc1N1CC2(CCN(CC(O)COc3ccccc3OC)CC2)OC1=O.Cl. The Hall–Kier alpha value is -2.48. The quantitative estimate of drug-likeness (QED) is 0.622. The topological polar surface area (TPSA) is 71.5 Å². The molecule has 7 nitrogen and oxygen atoms in total. The number of ether oxygens (including phenoxy) is 3. The van der Waals surface area contributed by atoms with Crippen LogP contribution < -0.4 is 14.4 Å². The van der Waals surface area contributed by atoms with Crippen LogP contribution in [0.25, 0.3) is 0 Å². The van der Waals surface area contributed by atoms with Crippen LogP contribution in [0.1, 0.15) is 25.3 Å². The number of para-hydroxylation sites is 3. The van der Waals surface area contributed by atoms with E-state index in [0.717, 1.165) is 43.6 Å². The molecule has 4 rings (SSSR count). The number of anilines is 1. The van der Waals surface area contributed by atoms with Crippen LogP contribution in [-0.2, 0) is 11.2 Å². The molecule has 8 heteroatoms. The van der Waals surface area contributed by atoms with E-state index in [2.05, 4.69) is 17.9 Å². The number of hydrogen-bond donors (Lipinski definition) is 1. The number of hydrogen-bond acceptors (Lipinski definition) is 6. The number of carbonyl (C=O) groups is 1. The summed E-state index contributed by atoms with van der Waals surface area (Å²) in [5, 5.41) is 10.5. The van der Waals surface area contributed by atoms with Crippen molar-refractivity contribution in [1.29, 1.82) is 0 Å². The molecular formula is C25H33ClN2O5. The predicted octanol–water partition coefficient (Wildman–Crippen LogP) is 3.91. The maximum atomic E-state index is 12.7. The summed E-state index contributed by atoms with van der Waals surface area (Å²) in [6.07, 6.45) is 1.50. The first-order valence-corrected chi connectivity index (χ1v) is 11.3. The Bertz CT molecular complexity index is 933. The number of carbonyl (C=O) groups excluding carboxylic acids is 1. The third-order valence-electron chi connectivity index (χ3n) is 6.37. The van der Waals surface area contributed by atoms with Gasteiger partial charge in [0.15, 0.2) is 11.5 Å². The zero-order valence-electron chi connectivity index (χ0n) is 19.2. The van der Waals surface area contributed by atoms with E-state index in [1.54, 1.807) is 12.0 Å². The number of aryl methyl sites for hydroxylation is 1. The number of nitrogens with zero attached hydrogens (tertiary/aromatic N) is 2. The summed E-state index contributed by atoms with van der Waals surface area (Å²) in [7, 11) is 1.60. The second-order valence-electron chi connectivity index (χ2n) is 8.54. The van der Waals surface area contributed by atoms with Crippen LogP contribution in [0.5, 0.6) is 11.5 Å². The summed E-state index contributed by atoms with van der Waals surface area (Å²) in [6.45, 7) is 4.91. The number of likely N-dealkylation sites (tertiary alicyclic amines) is 1. The molecule has 2 aliphatic rings. The van der Waals surface area contributed by atoms with Crippen molar-refractivity contribution in [2.75, 3.05) is 44.8 Å². The molecule has 1 N–H and O–H groups in total. The van der Waals surface area contributed by atoms with Gasteiger partial charge in [0, 0.05) is 32.5 Å². The largest absolute Gasteiger partial charge is 0.493 e. The highest BCUT2D eigenvalue weighted by Gasteiger charge is 2.47. The second kappa shape index (κ2) is 11.1. The minimum absolute atomic E-state index is 0. The number of piperidine rings is 1. The van der Waals surface area contributed by atoms with Gasteiger partial charge >= 0.3 is 6.09 Å². The van der Waals surface area contributed by atoms with Crippen LogP contribution in [-0.4, -0.2) is 67.7 Å². The molecule has 2 heterocycles. The molecule has 0 radical (unpaired) electrons. The van der Waals surface area contributed by atoms with Crippen LogP contribution in [0.2, 0.25) is 0 Å². The summed E-state index contributed by atoms with van der Waals surface area (Å²) in [5.41, 5.74) is 1.65. The van der Waals surface area contributed by atoms with Gasteiger partial charge in [-0.2, -0.15) is 0 Å². The van der Waals surface area contributed by atoms with Crippen molar-refractivity contribution in [2.24, 2.45) is 0 Å². The number of aliphatic hydroxyl groups is 1. The lowest BCUT2D eigenvalue weighted by Crippen LogP contribution is -2.49. The minimum atomic E-state index is -0.618. The molecule has 1 spiro atoms. The highest BCUT2D eigenvalue weighted by atomic mass is 35.5. The summed E-state index contributed by atoms with van der Waals surface area (Å²) >= 11 is 0. The molecule has 2 saturated heterocycles. The number of β-amino-alcohol motifs (C(OH)–C–C–N with tert-alkyl or cyclic N) is 1. The third-order valence-corrected chi connectivity index (χ3v) is 6.37. The Labute approximate surface area is 201 Å². The van der Waals surface area contributed by atoms with Gasteiger partial charge in [0.25, 0.3) is 0 Å².